The van der Waals surface area contributed by atoms with E-state index in [0.717, 1.165) is 0 Å². The fourth-order valence-corrected chi connectivity index (χ4v) is 11.5. The van der Waals surface area contributed by atoms with Crippen molar-refractivity contribution in [3.63, 3.8) is 0 Å². The molecular weight excluding hydrogens is 470 g/mol. The van der Waals surface area contributed by atoms with Crippen LogP contribution in [-0.2, 0) is 0 Å². The van der Waals surface area contributed by atoms with Crippen LogP contribution in [0.25, 0.3) is 0 Å². The van der Waals surface area contributed by atoms with Gasteiger partial charge < -0.3 is 0 Å². The molecule has 0 unspecified atom stereocenters. The molecule has 0 heterocycles. The Morgan fingerprint density at radius 3 is 0.639 bits per heavy atom. The van der Waals surface area contributed by atoms with E-state index in [-0.39, 0.29) is 0 Å². The van der Waals surface area contributed by atoms with Gasteiger partial charge in [-0.05, 0) is 105 Å². The first kappa shape index (κ1) is 26.8. The van der Waals surface area contributed by atoms with Gasteiger partial charge in [-0.3, -0.25) is 0 Å². The first-order valence-electron chi connectivity index (χ1n) is 13.0. The van der Waals surface area contributed by atoms with Gasteiger partial charge in [0, 0.05) is 0 Å². The highest BCUT2D eigenvalue weighted by atomic mass is 31.1. The first-order valence-corrected chi connectivity index (χ1v) is 16.0. The number of hydrogen-bond acceptors (Lipinski definition) is 0. The Hall–Kier alpha value is -2.26. The Kier molecular flexibility index (Phi) is 8.50. The molecule has 0 aromatic heterocycles. The van der Waals surface area contributed by atoms with Crippen molar-refractivity contribution in [1.82, 2.24) is 0 Å². The van der Waals surface area contributed by atoms with Crippen molar-refractivity contribution in [1.29, 1.82) is 0 Å². The Balaban J connectivity index is 1.79. The van der Waals surface area contributed by atoms with E-state index in [0.29, 0.717) is 0 Å². The fourth-order valence-electron chi connectivity index (χ4n) is 5.44. The lowest BCUT2D eigenvalue weighted by molar-refractivity contribution is 1.39. The minimum absolute atomic E-state index is 0.443. The summed E-state index contributed by atoms with van der Waals surface area (Å²) >= 11 is 0. The van der Waals surface area contributed by atoms with Crippen LogP contribution in [0, 0.1) is 55.4 Å². The zero-order valence-corrected chi connectivity index (χ0v) is 25.0. The SMILES string of the molecule is Cc1cc(C)cc(P(CCP(c2cc(C)cc(C)c2)c2cc(C)cc(C)c2)c2cc(C)cc(C)c2)c1. The molecule has 0 aliphatic rings. The molecule has 2 heteroatoms. The second-order valence-corrected chi connectivity index (χ2v) is 15.4. The summed E-state index contributed by atoms with van der Waals surface area (Å²) in [6.07, 6.45) is 2.40. The van der Waals surface area contributed by atoms with Crippen molar-refractivity contribution in [2.45, 2.75) is 55.4 Å². The Bertz CT molecular complexity index is 1090. The van der Waals surface area contributed by atoms with Crippen LogP contribution in [0.4, 0.5) is 0 Å². The first-order chi connectivity index (χ1) is 17.1. The van der Waals surface area contributed by atoms with Crippen LogP contribution in [-0.4, -0.2) is 12.3 Å². The van der Waals surface area contributed by atoms with Crippen molar-refractivity contribution in [2.24, 2.45) is 0 Å². The largest absolute Gasteiger partial charge is 0.0563 e. The van der Waals surface area contributed by atoms with Crippen LogP contribution in [0.3, 0.4) is 0 Å². The summed E-state index contributed by atoms with van der Waals surface area (Å²) in [5, 5.41) is 6.07. The molecule has 0 atom stereocenters. The van der Waals surface area contributed by atoms with Crippen LogP contribution < -0.4 is 21.2 Å². The number of aryl methyl sites for hydroxylation is 8. The summed E-state index contributed by atoms with van der Waals surface area (Å²) in [7, 11) is -0.887. The van der Waals surface area contributed by atoms with Gasteiger partial charge in [0.1, 0.15) is 0 Å². The van der Waals surface area contributed by atoms with E-state index in [1.54, 1.807) is 0 Å². The monoisotopic (exact) mass is 510 g/mol. The molecule has 0 nitrogen and oxygen atoms in total. The molecule has 4 aromatic carbocycles. The van der Waals surface area contributed by atoms with Gasteiger partial charge in [-0.1, -0.05) is 117 Å². The van der Waals surface area contributed by atoms with Crippen LogP contribution in [0.5, 0.6) is 0 Å². The molecule has 4 rings (SSSR count). The minimum Gasteiger partial charge on any atom is -0.0563 e. The molecule has 0 radical (unpaired) electrons. The fraction of sp³-hybridized carbons (Fsp3) is 0.294. The molecule has 0 aliphatic carbocycles. The standard InChI is InChI=1S/C34H40P2/c1-23-11-24(2)16-31(15-23)35(32-17-25(3)12-26(4)18-32)9-10-36(33-19-27(5)13-28(6)20-33)34-21-29(7)14-30(8)22-34/h11-22H,9-10H2,1-8H3. The van der Waals surface area contributed by atoms with Crippen molar-refractivity contribution in [3.8, 4) is 0 Å². The zero-order valence-electron chi connectivity index (χ0n) is 23.2. The van der Waals surface area contributed by atoms with Gasteiger partial charge >= 0.3 is 0 Å². The summed E-state index contributed by atoms with van der Waals surface area (Å²) < 4.78 is 0. The summed E-state index contributed by atoms with van der Waals surface area (Å²) in [5.41, 5.74) is 10.9. The highest BCUT2D eigenvalue weighted by Gasteiger charge is 2.21. The van der Waals surface area contributed by atoms with E-state index in [1.807, 2.05) is 0 Å². The predicted molar refractivity (Wildman–Crippen MR) is 166 cm³/mol. The maximum Gasteiger partial charge on any atom is -0.0190 e. The van der Waals surface area contributed by atoms with E-state index in [2.05, 4.69) is 128 Å². The maximum absolute atomic E-state index is 2.44. The zero-order chi connectivity index (χ0) is 26.0. The van der Waals surface area contributed by atoms with Crippen LogP contribution in [0.1, 0.15) is 44.5 Å². The number of rotatable bonds is 7. The molecule has 0 bridgehead atoms. The molecule has 4 aromatic rings. The summed E-state index contributed by atoms with van der Waals surface area (Å²) in [5.74, 6) is 0. The minimum atomic E-state index is -0.443. The third-order valence-corrected chi connectivity index (χ3v) is 11.8. The molecule has 0 fully saturated rings. The van der Waals surface area contributed by atoms with Crippen molar-refractivity contribution in [2.75, 3.05) is 12.3 Å². The third-order valence-electron chi connectivity index (χ3n) is 6.62. The second-order valence-electron chi connectivity index (χ2n) is 10.7. The van der Waals surface area contributed by atoms with Crippen molar-refractivity contribution >= 4 is 37.1 Å². The topological polar surface area (TPSA) is 0 Å². The van der Waals surface area contributed by atoms with Gasteiger partial charge in [-0.25, -0.2) is 0 Å². The summed E-state index contributed by atoms with van der Waals surface area (Å²) in [4.78, 5) is 0. The quantitative estimate of drug-likeness (QED) is 0.223. The highest BCUT2D eigenvalue weighted by Crippen LogP contribution is 2.42. The van der Waals surface area contributed by atoms with E-state index in [4.69, 9.17) is 0 Å². The van der Waals surface area contributed by atoms with Gasteiger partial charge in [0.05, 0.1) is 0 Å². The van der Waals surface area contributed by atoms with Gasteiger partial charge in [0.2, 0.25) is 0 Å². The lowest BCUT2D eigenvalue weighted by atomic mass is 10.2. The van der Waals surface area contributed by atoms with Gasteiger partial charge in [-0.15, -0.1) is 0 Å². The van der Waals surface area contributed by atoms with Crippen molar-refractivity contribution < 1.29 is 0 Å². The molecule has 0 saturated heterocycles. The molecular formula is C34H40P2. The van der Waals surface area contributed by atoms with Crippen molar-refractivity contribution in [3.05, 3.63) is 117 Å². The lowest BCUT2D eigenvalue weighted by Gasteiger charge is -2.26. The average molecular weight is 511 g/mol. The average Bonchev–Trinajstić information content (AvgIpc) is 2.74. The smallest absolute Gasteiger partial charge is 0.0190 e. The van der Waals surface area contributed by atoms with Crippen LogP contribution >= 0.6 is 15.8 Å². The number of benzene rings is 4. The predicted octanol–water partition coefficient (Wildman–Crippen LogP) is 7.72. The molecule has 0 saturated carbocycles. The van der Waals surface area contributed by atoms with E-state index in [1.165, 1.54) is 78.0 Å². The van der Waals surface area contributed by atoms with E-state index in [9.17, 15) is 0 Å². The third kappa shape index (κ3) is 6.73. The van der Waals surface area contributed by atoms with Gasteiger partial charge in [0.25, 0.3) is 0 Å². The molecule has 0 amide bonds. The Morgan fingerprint density at radius 1 is 0.306 bits per heavy atom. The Morgan fingerprint density at radius 2 is 0.472 bits per heavy atom. The molecule has 0 N–H and O–H groups in total. The Labute approximate surface area is 221 Å². The summed E-state index contributed by atoms with van der Waals surface area (Å²) in [6, 6.07) is 28.7. The van der Waals surface area contributed by atoms with Gasteiger partial charge in [-0.2, -0.15) is 0 Å². The van der Waals surface area contributed by atoms with Crippen LogP contribution in [0.15, 0.2) is 72.8 Å². The molecule has 0 spiro atoms. The van der Waals surface area contributed by atoms with Gasteiger partial charge in [0.15, 0.2) is 0 Å². The maximum atomic E-state index is 2.44. The molecule has 186 valence electrons. The molecule has 36 heavy (non-hydrogen) atoms. The van der Waals surface area contributed by atoms with E-state index >= 15 is 0 Å². The number of hydrogen-bond donors (Lipinski definition) is 0. The van der Waals surface area contributed by atoms with E-state index < -0.39 is 15.8 Å². The van der Waals surface area contributed by atoms with Crippen LogP contribution in [0.2, 0.25) is 0 Å². The highest BCUT2D eigenvalue weighted by molar-refractivity contribution is 7.76. The summed E-state index contributed by atoms with van der Waals surface area (Å²) in [6.45, 7) is 17.9. The lowest BCUT2D eigenvalue weighted by Crippen LogP contribution is -2.21. The molecule has 0 aliphatic heterocycles. The normalized spacial score (nSPS) is 11.5. The second kappa shape index (κ2) is 11.4.